The molecule has 0 spiro atoms. The molecule has 0 aliphatic carbocycles. The van der Waals surface area contributed by atoms with E-state index < -0.39 is 0 Å². The van der Waals surface area contributed by atoms with Crippen molar-refractivity contribution in [2.45, 2.75) is 39.5 Å². The van der Waals surface area contributed by atoms with Crippen molar-refractivity contribution in [3.63, 3.8) is 0 Å². The highest BCUT2D eigenvalue weighted by Gasteiger charge is 2.24. The van der Waals surface area contributed by atoms with Gasteiger partial charge in [0, 0.05) is 43.0 Å². The topological polar surface area (TPSA) is 60.6 Å². The molecule has 2 heterocycles. The molecule has 0 saturated carbocycles. The zero-order chi connectivity index (χ0) is 14.7. The Morgan fingerprint density at radius 2 is 2.30 bits per heavy atom. The molecule has 0 amide bonds. The standard InChI is InChI=1S/C15H25N3O2/c1-10-7-17-13(11(2)15(10)19-4)8-18-5-6-20-14(9-18)12(3)16/h7,12,14H,5-6,8-9,16H2,1-4H3. The molecule has 0 bridgehead atoms. The molecule has 0 aromatic carbocycles. The van der Waals surface area contributed by atoms with Gasteiger partial charge in [-0.25, -0.2) is 0 Å². The Kier molecular flexibility index (Phi) is 4.96. The zero-order valence-electron chi connectivity index (χ0n) is 12.8. The number of rotatable bonds is 4. The molecule has 0 radical (unpaired) electrons. The fourth-order valence-corrected chi connectivity index (χ4v) is 2.64. The van der Waals surface area contributed by atoms with Gasteiger partial charge in [-0.2, -0.15) is 0 Å². The SMILES string of the molecule is COc1c(C)cnc(CN2CCOC(C(C)N)C2)c1C. The van der Waals surface area contributed by atoms with E-state index in [-0.39, 0.29) is 12.1 Å². The molecule has 112 valence electrons. The van der Waals surface area contributed by atoms with E-state index in [1.54, 1.807) is 7.11 Å². The van der Waals surface area contributed by atoms with Crippen LogP contribution in [0.15, 0.2) is 6.20 Å². The second-order valence-electron chi connectivity index (χ2n) is 5.55. The fourth-order valence-electron chi connectivity index (χ4n) is 2.64. The van der Waals surface area contributed by atoms with E-state index in [1.807, 2.05) is 20.0 Å². The summed E-state index contributed by atoms with van der Waals surface area (Å²) in [4.78, 5) is 6.91. The summed E-state index contributed by atoms with van der Waals surface area (Å²) in [6.07, 6.45) is 1.99. The van der Waals surface area contributed by atoms with E-state index >= 15 is 0 Å². The number of morpholine rings is 1. The first-order valence-electron chi connectivity index (χ1n) is 7.11. The number of pyridine rings is 1. The highest BCUT2D eigenvalue weighted by Crippen LogP contribution is 2.25. The summed E-state index contributed by atoms with van der Waals surface area (Å²) in [6.45, 7) is 9.40. The lowest BCUT2D eigenvalue weighted by Crippen LogP contribution is -2.49. The van der Waals surface area contributed by atoms with Crippen LogP contribution in [0.5, 0.6) is 5.75 Å². The van der Waals surface area contributed by atoms with E-state index in [9.17, 15) is 0 Å². The van der Waals surface area contributed by atoms with Gasteiger partial charge in [-0.1, -0.05) is 0 Å². The van der Waals surface area contributed by atoms with Crippen molar-refractivity contribution in [1.29, 1.82) is 0 Å². The minimum absolute atomic E-state index is 0.0550. The Balaban J connectivity index is 2.10. The average molecular weight is 279 g/mol. The Labute approximate surface area is 121 Å². The smallest absolute Gasteiger partial charge is 0.128 e. The number of methoxy groups -OCH3 is 1. The molecule has 5 nitrogen and oxygen atoms in total. The average Bonchev–Trinajstić information content (AvgIpc) is 2.43. The molecular formula is C15H25N3O2. The number of nitrogens with zero attached hydrogens (tertiary/aromatic N) is 2. The van der Waals surface area contributed by atoms with Gasteiger partial charge in [0.2, 0.25) is 0 Å². The van der Waals surface area contributed by atoms with E-state index in [0.29, 0.717) is 0 Å². The summed E-state index contributed by atoms with van der Waals surface area (Å²) in [7, 11) is 1.71. The van der Waals surface area contributed by atoms with Crippen LogP contribution in [0.2, 0.25) is 0 Å². The molecule has 2 rings (SSSR count). The molecule has 5 heteroatoms. The van der Waals surface area contributed by atoms with Crippen molar-refractivity contribution in [2.24, 2.45) is 5.73 Å². The molecular weight excluding hydrogens is 254 g/mol. The van der Waals surface area contributed by atoms with Crippen molar-refractivity contribution in [2.75, 3.05) is 26.8 Å². The predicted molar refractivity (Wildman–Crippen MR) is 78.9 cm³/mol. The second kappa shape index (κ2) is 6.52. The third-order valence-electron chi connectivity index (χ3n) is 3.89. The first-order valence-corrected chi connectivity index (χ1v) is 7.11. The molecule has 20 heavy (non-hydrogen) atoms. The van der Waals surface area contributed by atoms with Gasteiger partial charge in [-0.15, -0.1) is 0 Å². The van der Waals surface area contributed by atoms with E-state index in [2.05, 4.69) is 16.8 Å². The van der Waals surface area contributed by atoms with Crippen LogP contribution in [-0.2, 0) is 11.3 Å². The molecule has 1 aliphatic heterocycles. The lowest BCUT2D eigenvalue weighted by Gasteiger charge is -2.34. The molecule has 1 aromatic rings. The van der Waals surface area contributed by atoms with Crippen molar-refractivity contribution < 1.29 is 9.47 Å². The minimum Gasteiger partial charge on any atom is -0.496 e. The van der Waals surface area contributed by atoms with Gasteiger partial charge in [-0.3, -0.25) is 9.88 Å². The number of aromatic nitrogens is 1. The molecule has 1 aromatic heterocycles. The maximum absolute atomic E-state index is 5.93. The third kappa shape index (κ3) is 3.29. The Morgan fingerprint density at radius 3 is 2.95 bits per heavy atom. The lowest BCUT2D eigenvalue weighted by atomic mass is 10.1. The second-order valence-corrected chi connectivity index (χ2v) is 5.55. The van der Waals surface area contributed by atoms with Crippen LogP contribution in [0.1, 0.15) is 23.7 Å². The Morgan fingerprint density at radius 1 is 1.55 bits per heavy atom. The quantitative estimate of drug-likeness (QED) is 0.899. The van der Waals surface area contributed by atoms with Gasteiger partial charge in [0.05, 0.1) is 25.5 Å². The summed E-state index contributed by atoms with van der Waals surface area (Å²) in [5, 5.41) is 0. The van der Waals surface area contributed by atoms with E-state index in [0.717, 1.165) is 48.8 Å². The molecule has 2 N–H and O–H groups in total. The number of aryl methyl sites for hydroxylation is 1. The highest BCUT2D eigenvalue weighted by atomic mass is 16.5. The number of nitrogens with two attached hydrogens (primary N) is 1. The maximum Gasteiger partial charge on any atom is 0.128 e. The van der Waals surface area contributed by atoms with Gasteiger partial charge < -0.3 is 15.2 Å². The third-order valence-corrected chi connectivity index (χ3v) is 3.89. The summed E-state index contributed by atoms with van der Waals surface area (Å²) in [5.74, 6) is 0.937. The van der Waals surface area contributed by atoms with Gasteiger partial charge in [0.1, 0.15) is 5.75 Å². The molecule has 1 aliphatic rings. The van der Waals surface area contributed by atoms with Crippen LogP contribution in [0.4, 0.5) is 0 Å². The first-order chi connectivity index (χ1) is 9.52. The highest BCUT2D eigenvalue weighted by molar-refractivity contribution is 5.41. The largest absolute Gasteiger partial charge is 0.496 e. The Bertz CT molecular complexity index is 463. The van der Waals surface area contributed by atoms with Crippen LogP contribution in [0, 0.1) is 13.8 Å². The Hall–Kier alpha value is -1.17. The van der Waals surface area contributed by atoms with Crippen molar-refractivity contribution in [3.05, 3.63) is 23.0 Å². The maximum atomic E-state index is 5.93. The molecule has 1 fully saturated rings. The summed E-state index contributed by atoms with van der Waals surface area (Å²) < 4.78 is 11.2. The molecule has 1 saturated heterocycles. The summed E-state index contributed by atoms with van der Waals surface area (Å²) >= 11 is 0. The molecule has 2 atom stereocenters. The van der Waals surface area contributed by atoms with Gasteiger partial charge in [0.25, 0.3) is 0 Å². The van der Waals surface area contributed by atoms with Gasteiger partial charge in [0.15, 0.2) is 0 Å². The minimum atomic E-state index is 0.0550. The summed E-state index contributed by atoms with van der Waals surface area (Å²) in [5.41, 5.74) is 9.19. The van der Waals surface area contributed by atoms with Crippen molar-refractivity contribution in [1.82, 2.24) is 9.88 Å². The van der Waals surface area contributed by atoms with Crippen LogP contribution in [0.25, 0.3) is 0 Å². The molecule has 2 unspecified atom stereocenters. The number of hydrogen-bond donors (Lipinski definition) is 1. The lowest BCUT2D eigenvalue weighted by molar-refractivity contribution is -0.0407. The van der Waals surface area contributed by atoms with Crippen LogP contribution in [0.3, 0.4) is 0 Å². The number of hydrogen-bond acceptors (Lipinski definition) is 5. The van der Waals surface area contributed by atoms with Crippen LogP contribution in [-0.4, -0.2) is 48.8 Å². The summed E-state index contributed by atoms with van der Waals surface area (Å²) in [6, 6.07) is 0.0550. The first kappa shape index (κ1) is 15.2. The zero-order valence-corrected chi connectivity index (χ0v) is 12.8. The van der Waals surface area contributed by atoms with Crippen LogP contribution < -0.4 is 10.5 Å². The monoisotopic (exact) mass is 279 g/mol. The number of ether oxygens (including phenoxy) is 2. The van der Waals surface area contributed by atoms with Gasteiger partial charge in [-0.05, 0) is 20.8 Å². The normalized spacial score (nSPS) is 21.8. The van der Waals surface area contributed by atoms with Gasteiger partial charge >= 0.3 is 0 Å². The van der Waals surface area contributed by atoms with Crippen molar-refractivity contribution >= 4 is 0 Å². The van der Waals surface area contributed by atoms with E-state index in [4.69, 9.17) is 15.2 Å². The van der Waals surface area contributed by atoms with Crippen molar-refractivity contribution in [3.8, 4) is 5.75 Å². The van der Waals surface area contributed by atoms with Crippen LogP contribution >= 0.6 is 0 Å². The predicted octanol–water partition coefficient (Wildman–Crippen LogP) is 1.26. The fraction of sp³-hybridized carbons (Fsp3) is 0.667. The van der Waals surface area contributed by atoms with E-state index in [1.165, 1.54) is 0 Å².